The predicted molar refractivity (Wildman–Crippen MR) is 154 cm³/mol. The van der Waals surface area contributed by atoms with Gasteiger partial charge in [0.1, 0.15) is 11.5 Å². The van der Waals surface area contributed by atoms with E-state index in [0.29, 0.717) is 33.9 Å². The zero-order chi connectivity index (χ0) is 28.3. The van der Waals surface area contributed by atoms with Gasteiger partial charge < -0.3 is 14.6 Å². The van der Waals surface area contributed by atoms with Crippen LogP contribution in [0.2, 0.25) is 5.02 Å². The molecule has 0 aliphatic rings. The van der Waals surface area contributed by atoms with E-state index in [4.69, 9.17) is 26.1 Å². The second-order valence-electron chi connectivity index (χ2n) is 9.39. The second kappa shape index (κ2) is 11.7. The van der Waals surface area contributed by atoms with Gasteiger partial charge in [-0.25, -0.2) is 9.78 Å². The maximum Gasteiger partial charge on any atom is 0.344 e. The van der Waals surface area contributed by atoms with Crippen LogP contribution >= 0.6 is 11.6 Å². The lowest BCUT2D eigenvalue weighted by atomic mass is 9.96. The van der Waals surface area contributed by atoms with Gasteiger partial charge in [-0.2, -0.15) is 9.78 Å². The first-order valence-electron chi connectivity index (χ1n) is 12.6. The number of hydrogen-bond acceptors (Lipinski definition) is 6. The Balaban J connectivity index is 1.94. The molecule has 0 fully saturated rings. The molecule has 3 aromatic carbocycles. The summed E-state index contributed by atoms with van der Waals surface area (Å²) in [6, 6.07) is 15.8. The summed E-state index contributed by atoms with van der Waals surface area (Å²) in [5.74, 6) is 0.469. The maximum atomic E-state index is 13.7. The molecule has 4 rings (SSSR count). The van der Waals surface area contributed by atoms with Crippen LogP contribution in [0.15, 0.2) is 64.5 Å². The molecule has 0 bridgehead atoms. The Labute approximate surface area is 231 Å². The molecule has 1 aromatic heterocycles. The number of benzene rings is 3. The number of halogens is 1. The van der Waals surface area contributed by atoms with Crippen LogP contribution in [0.25, 0.3) is 22.3 Å². The number of fused-ring (bicyclic) bond motifs is 1. The van der Waals surface area contributed by atoms with E-state index >= 15 is 0 Å². The first-order chi connectivity index (χ1) is 18.6. The summed E-state index contributed by atoms with van der Waals surface area (Å²) in [7, 11) is 0. The molecule has 0 amide bonds. The molecule has 0 saturated heterocycles. The fraction of sp³-hybridized carbons (Fsp3) is 0.267. The number of para-hydroxylation sites is 1. The van der Waals surface area contributed by atoms with Crippen molar-refractivity contribution in [3.05, 3.63) is 86.7 Å². The molecule has 0 spiro atoms. The normalized spacial score (nSPS) is 12.3. The van der Waals surface area contributed by atoms with Crippen LogP contribution in [-0.4, -0.2) is 39.7 Å². The van der Waals surface area contributed by atoms with Crippen molar-refractivity contribution >= 4 is 34.7 Å². The third-order valence-corrected chi connectivity index (χ3v) is 6.44. The molecular formula is C30H30ClN3O5. The highest BCUT2D eigenvalue weighted by Gasteiger charge is 2.19. The Morgan fingerprint density at radius 2 is 1.87 bits per heavy atom. The van der Waals surface area contributed by atoms with Crippen molar-refractivity contribution in [3.63, 3.8) is 0 Å². The van der Waals surface area contributed by atoms with Crippen LogP contribution in [0.1, 0.15) is 50.3 Å². The Morgan fingerprint density at radius 3 is 2.56 bits per heavy atom. The number of carbonyl (C=O) groups is 1. The molecule has 8 nitrogen and oxygen atoms in total. The highest BCUT2D eigenvalue weighted by Crippen LogP contribution is 2.34. The minimum atomic E-state index is -1.11. The van der Waals surface area contributed by atoms with E-state index in [0.717, 1.165) is 22.4 Å². The third-order valence-electron chi connectivity index (χ3n) is 6.21. The van der Waals surface area contributed by atoms with Gasteiger partial charge in [0.2, 0.25) is 0 Å². The van der Waals surface area contributed by atoms with Crippen LogP contribution in [-0.2, 0) is 4.79 Å². The molecule has 0 radical (unpaired) electrons. The van der Waals surface area contributed by atoms with Crippen LogP contribution in [0.4, 0.5) is 0 Å². The minimum absolute atomic E-state index is 0.164. The Hall–Kier alpha value is -4.17. The van der Waals surface area contributed by atoms with Gasteiger partial charge in [0.15, 0.2) is 11.9 Å². The first kappa shape index (κ1) is 27.9. The number of aryl methyl sites for hydroxylation is 1. The van der Waals surface area contributed by atoms with Gasteiger partial charge in [-0.05, 0) is 80.3 Å². The van der Waals surface area contributed by atoms with Crippen molar-refractivity contribution in [3.8, 4) is 22.9 Å². The zero-order valence-corrected chi connectivity index (χ0v) is 23.2. The molecule has 39 heavy (non-hydrogen) atoms. The molecule has 1 N–H and O–H groups in total. The van der Waals surface area contributed by atoms with E-state index in [1.165, 1.54) is 17.8 Å². The minimum Gasteiger partial charge on any atom is -0.494 e. The smallest absolute Gasteiger partial charge is 0.344 e. The number of aliphatic carboxylic acids is 1. The van der Waals surface area contributed by atoms with Gasteiger partial charge in [-0.3, -0.25) is 4.79 Å². The standard InChI is InChI=1S/C30H30ClN3O5/c1-6-38-27-13-18(4)24(15-23(27)17(2)3)28-33-25-10-8-7-9-22(25)29(35)34(28)32-16-20-14-21(31)11-12-26(20)39-19(5)30(36)37/h7-17,19H,6H2,1-5H3,(H,36,37)/t19-/m0/s1. The largest absolute Gasteiger partial charge is 0.494 e. The van der Waals surface area contributed by atoms with Crippen LogP contribution in [0.3, 0.4) is 0 Å². The fourth-order valence-corrected chi connectivity index (χ4v) is 4.34. The van der Waals surface area contributed by atoms with Crippen LogP contribution in [0, 0.1) is 6.92 Å². The van der Waals surface area contributed by atoms with E-state index in [1.807, 2.05) is 32.0 Å². The van der Waals surface area contributed by atoms with Gasteiger partial charge in [-0.1, -0.05) is 37.6 Å². The molecule has 4 aromatic rings. The molecule has 0 aliphatic carbocycles. The van der Waals surface area contributed by atoms with Crippen molar-refractivity contribution in [2.45, 2.75) is 46.6 Å². The van der Waals surface area contributed by atoms with E-state index in [-0.39, 0.29) is 17.2 Å². The van der Waals surface area contributed by atoms with Crippen molar-refractivity contribution in [2.75, 3.05) is 6.61 Å². The monoisotopic (exact) mass is 547 g/mol. The average molecular weight is 548 g/mol. The molecule has 202 valence electrons. The van der Waals surface area contributed by atoms with Crippen LogP contribution in [0.5, 0.6) is 11.5 Å². The lowest BCUT2D eigenvalue weighted by Crippen LogP contribution is -2.23. The summed E-state index contributed by atoms with van der Waals surface area (Å²) in [4.78, 5) is 29.9. The van der Waals surface area contributed by atoms with Gasteiger partial charge in [0.25, 0.3) is 5.56 Å². The van der Waals surface area contributed by atoms with Crippen molar-refractivity contribution < 1.29 is 19.4 Å². The van der Waals surface area contributed by atoms with E-state index in [9.17, 15) is 14.7 Å². The van der Waals surface area contributed by atoms with Crippen molar-refractivity contribution in [1.29, 1.82) is 0 Å². The zero-order valence-electron chi connectivity index (χ0n) is 22.4. The van der Waals surface area contributed by atoms with Crippen LogP contribution < -0.4 is 15.0 Å². The average Bonchev–Trinajstić information content (AvgIpc) is 2.89. The van der Waals surface area contributed by atoms with E-state index < -0.39 is 12.1 Å². The van der Waals surface area contributed by atoms with Crippen molar-refractivity contribution in [1.82, 2.24) is 9.66 Å². The number of hydrogen-bond donors (Lipinski definition) is 1. The summed E-state index contributed by atoms with van der Waals surface area (Å²) in [6.45, 7) is 9.99. The van der Waals surface area contributed by atoms with Gasteiger partial charge >= 0.3 is 5.97 Å². The molecule has 0 aliphatic heterocycles. The van der Waals surface area contributed by atoms with E-state index in [1.54, 1.807) is 36.4 Å². The lowest BCUT2D eigenvalue weighted by molar-refractivity contribution is -0.144. The molecule has 1 atom stereocenters. The Morgan fingerprint density at radius 1 is 1.13 bits per heavy atom. The number of carboxylic acid groups (broad SMARTS) is 1. The highest BCUT2D eigenvalue weighted by atomic mass is 35.5. The summed E-state index contributed by atoms with van der Waals surface area (Å²) < 4.78 is 12.7. The van der Waals surface area contributed by atoms with Gasteiger partial charge in [0, 0.05) is 16.1 Å². The second-order valence-corrected chi connectivity index (χ2v) is 9.82. The number of carboxylic acids is 1. The molecule has 1 heterocycles. The van der Waals surface area contributed by atoms with E-state index in [2.05, 4.69) is 18.9 Å². The Bertz CT molecular complexity index is 1630. The summed E-state index contributed by atoms with van der Waals surface area (Å²) in [5.41, 5.74) is 3.21. The Kier molecular flexibility index (Phi) is 8.35. The van der Waals surface area contributed by atoms with Crippen molar-refractivity contribution in [2.24, 2.45) is 5.10 Å². The quantitative estimate of drug-likeness (QED) is 0.247. The molecule has 0 saturated carbocycles. The summed E-state index contributed by atoms with van der Waals surface area (Å²) >= 11 is 6.22. The highest BCUT2D eigenvalue weighted by molar-refractivity contribution is 6.30. The molecule has 0 unspecified atom stereocenters. The predicted octanol–water partition coefficient (Wildman–Crippen LogP) is 6.28. The maximum absolute atomic E-state index is 13.7. The fourth-order valence-electron chi connectivity index (χ4n) is 4.16. The van der Waals surface area contributed by atoms with Gasteiger partial charge in [-0.15, -0.1) is 0 Å². The van der Waals surface area contributed by atoms with Gasteiger partial charge in [0.05, 0.1) is 23.7 Å². The molecular weight excluding hydrogens is 518 g/mol. The lowest BCUT2D eigenvalue weighted by Gasteiger charge is -2.18. The summed E-state index contributed by atoms with van der Waals surface area (Å²) in [6.07, 6.45) is 0.324. The number of ether oxygens (including phenoxy) is 2. The number of aromatic nitrogens is 2. The molecule has 9 heteroatoms. The summed E-state index contributed by atoms with van der Waals surface area (Å²) in [5, 5.41) is 14.6. The topological polar surface area (TPSA) is 103 Å². The third kappa shape index (κ3) is 5.96. The number of rotatable bonds is 9. The SMILES string of the molecule is CCOc1cc(C)c(-c2nc3ccccc3c(=O)n2N=Cc2cc(Cl)ccc2O[C@@H](C)C(=O)O)cc1C(C)C. The first-order valence-corrected chi connectivity index (χ1v) is 13.0. The number of nitrogens with zero attached hydrogens (tertiary/aromatic N) is 3.